The monoisotopic (exact) mass is 317 g/mol. The Balaban J connectivity index is 1.82. The Hall–Kier alpha value is -1.62. The summed E-state index contributed by atoms with van der Waals surface area (Å²) in [6.45, 7) is 8.44. The van der Waals surface area contributed by atoms with Gasteiger partial charge in [-0.15, -0.1) is 11.3 Å². The minimum atomic E-state index is 0.238. The van der Waals surface area contributed by atoms with Crippen molar-refractivity contribution < 1.29 is 4.79 Å². The SMILES string of the molecule is Cc1nc(-c2cc(C)n(CC(=O)N3CCCCC3)c2C)cs1. The van der Waals surface area contributed by atoms with Crippen LogP contribution in [0.4, 0.5) is 0 Å². The Morgan fingerprint density at radius 2 is 1.95 bits per heavy atom. The highest BCUT2D eigenvalue weighted by Crippen LogP contribution is 2.28. The van der Waals surface area contributed by atoms with Gasteiger partial charge in [-0.2, -0.15) is 0 Å². The van der Waals surface area contributed by atoms with E-state index in [0.717, 1.165) is 53.6 Å². The lowest BCUT2D eigenvalue weighted by Crippen LogP contribution is -2.38. The van der Waals surface area contributed by atoms with Crippen molar-refractivity contribution in [3.05, 3.63) is 27.8 Å². The molecule has 4 nitrogen and oxygen atoms in total. The largest absolute Gasteiger partial charge is 0.341 e. The third-order valence-electron chi connectivity index (χ3n) is 4.47. The molecule has 0 radical (unpaired) electrons. The molecule has 3 rings (SSSR count). The van der Waals surface area contributed by atoms with E-state index >= 15 is 0 Å². The van der Waals surface area contributed by atoms with Crippen molar-refractivity contribution in [2.24, 2.45) is 0 Å². The second-order valence-electron chi connectivity index (χ2n) is 6.06. The molecule has 1 saturated heterocycles. The molecule has 5 heteroatoms. The maximum absolute atomic E-state index is 12.5. The summed E-state index contributed by atoms with van der Waals surface area (Å²) in [5, 5.41) is 3.16. The number of hydrogen-bond donors (Lipinski definition) is 0. The molecule has 1 amide bonds. The van der Waals surface area contributed by atoms with E-state index in [2.05, 4.69) is 34.8 Å². The maximum atomic E-state index is 12.5. The summed E-state index contributed by atoms with van der Waals surface area (Å²) in [4.78, 5) is 19.1. The highest BCUT2D eigenvalue weighted by molar-refractivity contribution is 7.09. The van der Waals surface area contributed by atoms with Gasteiger partial charge in [0.15, 0.2) is 0 Å². The maximum Gasteiger partial charge on any atom is 0.242 e. The number of hydrogen-bond acceptors (Lipinski definition) is 3. The van der Waals surface area contributed by atoms with E-state index < -0.39 is 0 Å². The van der Waals surface area contributed by atoms with Gasteiger partial charge in [-0.3, -0.25) is 4.79 Å². The molecular formula is C17H23N3OS. The molecule has 22 heavy (non-hydrogen) atoms. The van der Waals surface area contributed by atoms with Gasteiger partial charge in [0.1, 0.15) is 6.54 Å². The topological polar surface area (TPSA) is 38.1 Å². The molecule has 0 spiro atoms. The van der Waals surface area contributed by atoms with Crippen molar-refractivity contribution in [2.75, 3.05) is 13.1 Å². The molecule has 0 unspecified atom stereocenters. The molecular weight excluding hydrogens is 294 g/mol. The molecule has 2 aromatic heterocycles. The fourth-order valence-electron chi connectivity index (χ4n) is 3.17. The van der Waals surface area contributed by atoms with Crippen molar-refractivity contribution in [3.63, 3.8) is 0 Å². The zero-order chi connectivity index (χ0) is 15.7. The molecule has 0 bridgehead atoms. The standard InChI is InChI=1S/C17H23N3OS/c1-12-9-15(16-11-22-14(3)18-16)13(2)20(12)10-17(21)19-7-5-4-6-8-19/h9,11H,4-8,10H2,1-3H3. The first-order valence-corrected chi connectivity index (χ1v) is 8.81. The van der Waals surface area contributed by atoms with Crippen LogP contribution in [0, 0.1) is 20.8 Å². The molecule has 0 N–H and O–H groups in total. The second kappa shape index (κ2) is 6.24. The smallest absolute Gasteiger partial charge is 0.242 e. The summed E-state index contributed by atoms with van der Waals surface area (Å²) in [5.41, 5.74) is 4.43. The first-order chi connectivity index (χ1) is 10.6. The summed E-state index contributed by atoms with van der Waals surface area (Å²) in [6.07, 6.45) is 3.52. The number of thiazole rings is 1. The highest BCUT2D eigenvalue weighted by Gasteiger charge is 2.20. The summed E-state index contributed by atoms with van der Waals surface area (Å²) in [6, 6.07) is 2.15. The molecule has 0 saturated carbocycles. The van der Waals surface area contributed by atoms with Crippen molar-refractivity contribution in [3.8, 4) is 11.3 Å². The zero-order valence-electron chi connectivity index (χ0n) is 13.6. The Kier molecular flexibility index (Phi) is 4.34. The molecule has 118 valence electrons. The predicted octanol–water partition coefficient (Wildman–Crippen LogP) is 3.55. The normalized spacial score (nSPS) is 15.3. The van der Waals surface area contributed by atoms with Gasteiger partial charge in [0.2, 0.25) is 5.91 Å². The van der Waals surface area contributed by atoms with Crippen LogP contribution >= 0.6 is 11.3 Å². The third-order valence-corrected chi connectivity index (χ3v) is 5.24. The number of aromatic nitrogens is 2. The van der Waals surface area contributed by atoms with Crippen LogP contribution in [0.15, 0.2) is 11.4 Å². The zero-order valence-corrected chi connectivity index (χ0v) is 14.4. The van der Waals surface area contributed by atoms with Crippen molar-refractivity contribution >= 4 is 17.2 Å². The number of carbonyl (C=O) groups excluding carboxylic acids is 1. The fraction of sp³-hybridized carbons (Fsp3) is 0.529. The minimum absolute atomic E-state index is 0.238. The molecule has 0 atom stereocenters. The molecule has 1 fully saturated rings. The van der Waals surface area contributed by atoms with Gasteiger partial charge < -0.3 is 9.47 Å². The van der Waals surface area contributed by atoms with E-state index in [9.17, 15) is 4.79 Å². The fourth-order valence-corrected chi connectivity index (χ4v) is 3.78. The van der Waals surface area contributed by atoms with Crippen molar-refractivity contribution in [1.29, 1.82) is 0 Å². The summed E-state index contributed by atoms with van der Waals surface area (Å²) in [5.74, 6) is 0.238. The first kappa shape index (κ1) is 15.3. The van der Waals surface area contributed by atoms with Crippen LogP contribution in [-0.2, 0) is 11.3 Å². The van der Waals surface area contributed by atoms with Crippen molar-refractivity contribution in [2.45, 2.75) is 46.6 Å². The van der Waals surface area contributed by atoms with Gasteiger partial charge in [-0.05, 0) is 46.1 Å². The Labute approximate surface area is 135 Å². The number of amides is 1. The summed E-state index contributed by atoms with van der Waals surface area (Å²) < 4.78 is 2.13. The van der Waals surface area contributed by atoms with Gasteiger partial charge in [-0.1, -0.05) is 0 Å². The van der Waals surface area contributed by atoms with E-state index in [1.165, 1.54) is 6.42 Å². The van der Waals surface area contributed by atoms with Crippen LogP contribution < -0.4 is 0 Å². The van der Waals surface area contributed by atoms with E-state index in [0.29, 0.717) is 6.54 Å². The van der Waals surface area contributed by atoms with E-state index in [4.69, 9.17) is 0 Å². The lowest BCUT2D eigenvalue weighted by atomic mass is 10.1. The molecule has 0 aliphatic carbocycles. The van der Waals surface area contributed by atoms with Crippen LogP contribution in [0.3, 0.4) is 0 Å². The third kappa shape index (κ3) is 2.95. The summed E-state index contributed by atoms with van der Waals surface area (Å²) >= 11 is 1.66. The Morgan fingerprint density at radius 1 is 1.23 bits per heavy atom. The molecule has 2 aromatic rings. The lowest BCUT2D eigenvalue weighted by Gasteiger charge is -2.27. The molecule has 1 aliphatic heterocycles. The quantitative estimate of drug-likeness (QED) is 0.868. The van der Waals surface area contributed by atoms with Crippen LogP contribution in [0.1, 0.15) is 35.7 Å². The van der Waals surface area contributed by atoms with Crippen LogP contribution in [0.2, 0.25) is 0 Å². The number of rotatable bonds is 3. The van der Waals surface area contributed by atoms with Gasteiger partial charge in [-0.25, -0.2) is 4.98 Å². The molecule has 3 heterocycles. The minimum Gasteiger partial charge on any atom is -0.341 e. The average molecular weight is 317 g/mol. The van der Waals surface area contributed by atoms with Crippen LogP contribution in [-0.4, -0.2) is 33.4 Å². The number of carbonyl (C=O) groups is 1. The average Bonchev–Trinajstić information content (AvgIpc) is 3.06. The van der Waals surface area contributed by atoms with Crippen LogP contribution in [0.5, 0.6) is 0 Å². The lowest BCUT2D eigenvalue weighted by molar-refractivity contribution is -0.132. The second-order valence-corrected chi connectivity index (χ2v) is 7.13. The van der Waals surface area contributed by atoms with E-state index in [-0.39, 0.29) is 5.91 Å². The summed E-state index contributed by atoms with van der Waals surface area (Å²) in [7, 11) is 0. The predicted molar refractivity (Wildman–Crippen MR) is 90.2 cm³/mol. The molecule has 1 aliphatic rings. The van der Waals surface area contributed by atoms with Gasteiger partial charge >= 0.3 is 0 Å². The molecule has 0 aromatic carbocycles. The van der Waals surface area contributed by atoms with Gasteiger partial charge in [0.25, 0.3) is 0 Å². The van der Waals surface area contributed by atoms with E-state index in [1.807, 2.05) is 11.8 Å². The van der Waals surface area contributed by atoms with Crippen LogP contribution in [0.25, 0.3) is 11.3 Å². The number of piperidine rings is 1. The Bertz CT molecular complexity index is 680. The number of nitrogens with zero attached hydrogens (tertiary/aromatic N) is 3. The highest BCUT2D eigenvalue weighted by atomic mass is 32.1. The van der Waals surface area contributed by atoms with Gasteiger partial charge in [0, 0.05) is 35.4 Å². The number of likely N-dealkylation sites (tertiary alicyclic amines) is 1. The van der Waals surface area contributed by atoms with E-state index in [1.54, 1.807) is 11.3 Å². The van der Waals surface area contributed by atoms with Crippen molar-refractivity contribution in [1.82, 2.24) is 14.5 Å². The van der Waals surface area contributed by atoms with Gasteiger partial charge in [0.05, 0.1) is 10.7 Å². The number of aryl methyl sites for hydroxylation is 2. The first-order valence-electron chi connectivity index (χ1n) is 7.93. The Morgan fingerprint density at radius 3 is 2.59 bits per heavy atom.